The number of carbonyl (C=O) groups excluding carboxylic acids is 2. The molecule has 0 atom stereocenters. The highest BCUT2D eigenvalue weighted by molar-refractivity contribution is 14.1. The van der Waals surface area contributed by atoms with Gasteiger partial charge in [-0.1, -0.05) is 0 Å². The molecule has 0 spiro atoms. The summed E-state index contributed by atoms with van der Waals surface area (Å²) in [5, 5.41) is 0. The van der Waals surface area contributed by atoms with Gasteiger partial charge in [-0.25, -0.2) is 9.79 Å². The summed E-state index contributed by atoms with van der Waals surface area (Å²) in [5.74, 6) is 0.0381. The first-order chi connectivity index (χ1) is 13.8. The van der Waals surface area contributed by atoms with E-state index >= 15 is 0 Å². The molecule has 0 aromatic heterocycles. The molecule has 2 aromatic rings. The lowest BCUT2D eigenvalue weighted by molar-refractivity contribution is -0.132. The third-order valence-corrected chi connectivity index (χ3v) is 6.81. The monoisotopic (exact) mass is 681 g/mol. The van der Waals surface area contributed by atoms with Gasteiger partial charge in [-0.3, -0.25) is 4.79 Å². The second kappa shape index (κ2) is 9.56. The summed E-state index contributed by atoms with van der Waals surface area (Å²) in [7, 11) is 0. The predicted octanol–water partition coefficient (Wildman–Crippen LogP) is 5.33. The molecule has 1 aliphatic heterocycles. The van der Waals surface area contributed by atoms with Crippen molar-refractivity contribution in [3.63, 3.8) is 0 Å². The smallest absolute Gasteiger partial charge is 0.363 e. The lowest BCUT2D eigenvalue weighted by Crippen LogP contribution is -2.06. The number of esters is 2. The van der Waals surface area contributed by atoms with Gasteiger partial charge in [0.1, 0.15) is 0 Å². The van der Waals surface area contributed by atoms with Crippen LogP contribution in [0.3, 0.4) is 0 Å². The molecule has 29 heavy (non-hydrogen) atoms. The Kier molecular flexibility index (Phi) is 7.32. The maximum atomic E-state index is 12.3. The van der Waals surface area contributed by atoms with Gasteiger partial charge in [0.25, 0.3) is 0 Å². The molecule has 2 aromatic carbocycles. The van der Waals surface area contributed by atoms with E-state index in [1.165, 1.54) is 6.92 Å². The Morgan fingerprint density at radius 2 is 2.00 bits per heavy atom. The van der Waals surface area contributed by atoms with Crippen LogP contribution in [0.5, 0.6) is 11.5 Å². The first-order valence-electron chi connectivity index (χ1n) is 8.41. The topological polar surface area (TPSA) is 74.2 Å². The Labute approximate surface area is 203 Å². The van der Waals surface area contributed by atoms with E-state index in [0.717, 1.165) is 8.04 Å². The van der Waals surface area contributed by atoms with E-state index in [9.17, 15) is 9.59 Å². The standard InChI is InChI=1S/C20H14BrI2NO5/c1-3-27-17-8-11(6-15(23)18(17)28-10(2)25)7-16-20(26)29-19(24-16)12-4-5-14(22)13(21)9-12/h4-9H,3H2,1-2H3/b16-7-. The summed E-state index contributed by atoms with van der Waals surface area (Å²) in [4.78, 5) is 28.0. The van der Waals surface area contributed by atoms with Gasteiger partial charge in [0.05, 0.1) is 10.2 Å². The molecule has 1 heterocycles. The van der Waals surface area contributed by atoms with Crippen LogP contribution in [0.4, 0.5) is 0 Å². The Hall–Kier alpha value is -1.47. The van der Waals surface area contributed by atoms with Crippen LogP contribution < -0.4 is 9.47 Å². The van der Waals surface area contributed by atoms with Crippen molar-refractivity contribution in [3.8, 4) is 11.5 Å². The summed E-state index contributed by atoms with van der Waals surface area (Å²) >= 11 is 7.72. The fourth-order valence-electron chi connectivity index (χ4n) is 2.50. The van der Waals surface area contributed by atoms with Crippen LogP contribution in [-0.2, 0) is 14.3 Å². The minimum Gasteiger partial charge on any atom is -0.490 e. The first-order valence-corrected chi connectivity index (χ1v) is 11.4. The van der Waals surface area contributed by atoms with E-state index in [-0.39, 0.29) is 11.6 Å². The van der Waals surface area contributed by atoms with E-state index in [2.05, 4.69) is 66.1 Å². The Bertz CT molecular complexity index is 1070. The minimum atomic E-state index is -0.535. The van der Waals surface area contributed by atoms with Crippen molar-refractivity contribution in [2.75, 3.05) is 6.61 Å². The van der Waals surface area contributed by atoms with Crippen molar-refractivity contribution in [2.24, 2.45) is 4.99 Å². The van der Waals surface area contributed by atoms with E-state index in [1.807, 2.05) is 25.1 Å². The minimum absolute atomic E-state index is 0.174. The maximum absolute atomic E-state index is 12.3. The van der Waals surface area contributed by atoms with Crippen LogP contribution in [0.15, 0.2) is 45.5 Å². The molecular weight excluding hydrogens is 668 g/mol. The molecule has 0 amide bonds. The van der Waals surface area contributed by atoms with Crippen LogP contribution >= 0.6 is 61.1 Å². The van der Waals surface area contributed by atoms with Crippen molar-refractivity contribution in [2.45, 2.75) is 13.8 Å². The fourth-order valence-corrected chi connectivity index (χ4v) is 3.95. The van der Waals surface area contributed by atoms with Gasteiger partial charge in [0.2, 0.25) is 5.90 Å². The number of cyclic esters (lactones) is 1. The molecule has 9 heteroatoms. The Morgan fingerprint density at radius 1 is 1.24 bits per heavy atom. The normalized spacial score (nSPS) is 14.6. The molecule has 0 fully saturated rings. The van der Waals surface area contributed by atoms with Crippen LogP contribution in [0.2, 0.25) is 0 Å². The van der Waals surface area contributed by atoms with E-state index in [0.29, 0.717) is 32.8 Å². The second-order valence-corrected chi connectivity index (χ2v) is 9.00. The molecule has 150 valence electrons. The van der Waals surface area contributed by atoms with Crippen molar-refractivity contribution in [3.05, 3.63) is 58.8 Å². The number of rotatable bonds is 5. The number of ether oxygens (including phenoxy) is 3. The highest BCUT2D eigenvalue weighted by Gasteiger charge is 2.25. The van der Waals surface area contributed by atoms with Gasteiger partial charge in [-0.15, -0.1) is 0 Å². The summed E-state index contributed by atoms with van der Waals surface area (Å²) in [6.07, 6.45) is 1.61. The van der Waals surface area contributed by atoms with E-state index < -0.39 is 11.9 Å². The fraction of sp³-hybridized carbons (Fsp3) is 0.150. The zero-order valence-corrected chi connectivity index (χ0v) is 21.2. The largest absolute Gasteiger partial charge is 0.490 e. The third-order valence-electron chi connectivity index (χ3n) is 3.67. The Balaban J connectivity index is 1.98. The molecular formula is C20H14BrI2NO5. The average molecular weight is 682 g/mol. The van der Waals surface area contributed by atoms with Crippen molar-refractivity contribution in [1.82, 2.24) is 0 Å². The maximum Gasteiger partial charge on any atom is 0.363 e. The lowest BCUT2D eigenvalue weighted by atomic mass is 10.1. The zero-order valence-electron chi connectivity index (χ0n) is 15.3. The van der Waals surface area contributed by atoms with E-state index in [1.54, 1.807) is 18.2 Å². The van der Waals surface area contributed by atoms with Gasteiger partial charge in [0.15, 0.2) is 17.2 Å². The van der Waals surface area contributed by atoms with Crippen LogP contribution in [-0.4, -0.2) is 24.4 Å². The average Bonchev–Trinajstić information content (AvgIpc) is 3.01. The highest BCUT2D eigenvalue weighted by atomic mass is 127. The first kappa shape index (κ1) is 22.2. The van der Waals surface area contributed by atoms with Gasteiger partial charge >= 0.3 is 11.9 Å². The summed E-state index contributed by atoms with van der Waals surface area (Å²) in [5.41, 5.74) is 1.55. The van der Waals surface area contributed by atoms with Crippen molar-refractivity contribution >= 4 is 85.0 Å². The van der Waals surface area contributed by atoms with Crippen molar-refractivity contribution in [1.29, 1.82) is 0 Å². The van der Waals surface area contributed by atoms with Crippen LogP contribution in [0.25, 0.3) is 6.08 Å². The SMILES string of the molecule is CCOc1cc(/C=C2\N=C(c3ccc(I)c(Br)c3)OC2=O)cc(I)c1OC(C)=O. The molecule has 0 saturated carbocycles. The van der Waals surface area contributed by atoms with Crippen LogP contribution in [0, 0.1) is 7.14 Å². The number of carbonyl (C=O) groups is 2. The molecule has 0 radical (unpaired) electrons. The molecule has 1 aliphatic rings. The molecule has 0 saturated heterocycles. The van der Waals surface area contributed by atoms with E-state index in [4.69, 9.17) is 14.2 Å². The van der Waals surface area contributed by atoms with Crippen molar-refractivity contribution < 1.29 is 23.8 Å². The number of hydrogen-bond acceptors (Lipinski definition) is 6. The van der Waals surface area contributed by atoms with Gasteiger partial charge < -0.3 is 14.2 Å². The molecule has 0 unspecified atom stereocenters. The third kappa shape index (κ3) is 5.37. The van der Waals surface area contributed by atoms with Crippen LogP contribution in [0.1, 0.15) is 25.0 Å². The zero-order chi connectivity index (χ0) is 21.1. The molecule has 3 rings (SSSR count). The number of aliphatic imine (C=N–C) groups is 1. The highest BCUT2D eigenvalue weighted by Crippen LogP contribution is 2.35. The van der Waals surface area contributed by atoms with Gasteiger partial charge in [-0.2, -0.15) is 0 Å². The van der Waals surface area contributed by atoms with Gasteiger partial charge in [-0.05, 0) is 110 Å². The molecule has 0 aliphatic carbocycles. The molecule has 6 nitrogen and oxygen atoms in total. The second-order valence-electron chi connectivity index (χ2n) is 5.82. The number of benzene rings is 2. The number of halogens is 3. The number of nitrogens with zero attached hydrogens (tertiary/aromatic N) is 1. The quantitative estimate of drug-likeness (QED) is 0.185. The molecule has 0 bridgehead atoms. The summed E-state index contributed by atoms with van der Waals surface area (Å²) < 4.78 is 18.8. The summed E-state index contributed by atoms with van der Waals surface area (Å²) in [6.45, 7) is 3.56. The Morgan fingerprint density at radius 3 is 2.66 bits per heavy atom. The summed E-state index contributed by atoms with van der Waals surface area (Å²) in [6, 6.07) is 9.06. The number of hydrogen-bond donors (Lipinski definition) is 0. The molecule has 0 N–H and O–H groups in total. The lowest BCUT2D eigenvalue weighted by Gasteiger charge is -2.12. The predicted molar refractivity (Wildman–Crippen MR) is 129 cm³/mol. The van der Waals surface area contributed by atoms with Gasteiger partial charge in [0, 0.05) is 20.5 Å².